The number of azo groups is 1. The Bertz CT molecular complexity index is 1800. The molecule has 0 unspecified atom stereocenters. The molecule has 0 aromatic heterocycles. The molecule has 18 heteroatoms. The maximum absolute atomic E-state index is 13.6. The molecular formula is C38H50N10O8. The smallest absolute Gasteiger partial charge is 0.326 e. The highest BCUT2D eigenvalue weighted by Crippen LogP contribution is 2.23. The van der Waals surface area contributed by atoms with Crippen LogP contribution in [0, 0.1) is 5.92 Å². The highest BCUT2D eigenvalue weighted by molar-refractivity contribution is 6.43. The minimum Gasteiger partial charge on any atom is -0.480 e. The number of carboxylic acids is 1. The summed E-state index contributed by atoms with van der Waals surface area (Å²) >= 11 is 0. The van der Waals surface area contributed by atoms with Crippen molar-refractivity contribution in [2.75, 3.05) is 26.2 Å². The number of amides is 5. The maximum atomic E-state index is 13.6. The minimum absolute atomic E-state index is 0.0480. The van der Waals surface area contributed by atoms with E-state index in [4.69, 9.17) is 11.5 Å². The average molecular weight is 775 g/mol. The third kappa shape index (κ3) is 12.2. The number of carboxylic acid groups (broad SMARTS) is 1. The van der Waals surface area contributed by atoms with Crippen LogP contribution in [0.3, 0.4) is 0 Å². The third-order valence-corrected chi connectivity index (χ3v) is 9.37. The number of ketones is 1. The Hall–Kier alpha value is -6.20. The van der Waals surface area contributed by atoms with Crippen LogP contribution in [0.15, 0.2) is 69.8 Å². The van der Waals surface area contributed by atoms with Crippen LogP contribution in [0.5, 0.6) is 0 Å². The SMILES string of the molecule is CC(C)C[C@H](NC(=O)[C@@H]1CCCN1C(=O)C(=O)c1ccc(N=Nc2ccccc2)cc1)C(=O)NCC(=O)N1CCC[C@H]1C(=O)N[C@@H](CCCN=C(N)N)C(=O)O. The van der Waals surface area contributed by atoms with Gasteiger partial charge >= 0.3 is 5.97 Å². The second-order valence-electron chi connectivity index (χ2n) is 14.1. The van der Waals surface area contributed by atoms with Gasteiger partial charge in [-0.25, -0.2) is 4.79 Å². The summed E-state index contributed by atoms with van der Waals surface area (Å²) in [5, 5.41) is 25.7. The van der Waals surface area contributed by atoms with Gasteiger partial charge in [0.2, 0.25) is 29.4 Å². The molecule has 5 amide bonds. The zero-order valence-electron chi connectivity index (χ0n) is 31.6. The number of nitrogens with two attached hydrogens (primary N) is 2. The largest absolute Gasteiger partial charge is 0.480 e. The fourth-order valence-electron chi connectivity index (χ4n) is 6.55. The van der Waals surface area contributed by atoms with E-state index >= 15 is 0 Å². The van der Waals surface area contributed by atoms with Gasteiger partial charge in [-0.05, 0) is 87.3 Å². The van der Waals surface area contributed by atoms with Crippen LogP contribution >= 0.6 is 0 Å². The molecule has 300 valence electrons. The van der Waals surface area contributed by atoms with E-state index in [2.05, 4.69) is 31.2 Å². The van der Waals surface area contributed by atoms with Gasteiger partial charge < -0.3 is 42.3 Å². The summed E-state index contributed by atoms with van der Waals surface area (Å²) in [6.45, 7) is 3.84. The van der Waals surface area contributed by atoms with Crippen LogP contribution in [0.4, 0.5) is 11.4 Å². The summed E-state index contributed by atoms with van der Waals surface area (Å²) in [7, 11) is 0. The number of hydrogen-bond acceptors (Lipinski definition) is 10. The molecular weight excluding hydrogens is 724 g/mol. The number of likely N-dealkylation sites (tertiary alicyclic amines) is 2. The lowest BCUT2D eigenvalue weighted by molar-refractivity contribution is -0.144. The van der Waals surface area contributed by atoms with Crippen molar-refractivity contribution in [3.05, 3.63) is 60.2 Å². The van der Waals surface area contributed by atoms with Crippen LogP contribution in [-0.4, -0.2) is 113 Å². The molecule has 4 rings (SSSR count). The molecule has 0 radical (unpaired) electrons. The predicted octanol–water partition coefficient (Wildman–Crippen LogP) is 1.54. The van der Waals surface area contributed by atoms with Gasteiger partial charge in [0.15, 0.2) is 5.96 Å². The highest BCUT2D eigenvalue weighted by Gasteiger charge is 2.39. The van der Waals surface area contributed by atoms with Gasteiger partial charge in [0.1, 0.15) is 24.2 Å². The molecule has 0 spiro atoms. The molecule has 18 nitrogen and oxygen atoms in total. The van der Waals surface area contributed by atoms with Gasteiger partial charge in [-0.3, -0.25) is 33.8 Å². The molecule has 0 bridgehead atoms. The Kier molecular flexibility index (Phi) is 15.6. The summed E-state index contributed by atoms with van der Waals surface area (Å²) in [4.78, 5) is 98.0. The Morgan fingerprint density at radius 2 is 1.38 bits per heavy atom. The molecule has 2 saturated heterocycles. The van der Waals surface area contributed by atoms with Crippen LogP contribution < -0.4 is 27.4 Å². The van der Waals surface area contributed by atoms with Crippen molar-refractivity contribution >= 4 is 58.6 Å². The predicted molar refractivity (Wildman–Crippen MR) is 205 cm³/mol. The fourth-order valence-corrected chi connectivity index (χ4v) is 6.55. The number of carbonyl (C=O) groups excluding carboxylic acids is 6. The summed E-state index contributed by atoms with van der Waals surface area (Å²) in [6.07, 6.45) is 2.15. The van der Waals surface area contributed by atoms with Crippen LogP contribution in [-0.2, 0) is 28.8 Å². The van der Waals surface area contributed by atoms with E-state index in [0.29, 0.717) is 37.1 Å². The van der Waals surface area contributed by atoms with Crippen molar-refractivity contribution in [3.8, 4) is 0 Å². The summed E-state index contributed by atoms with van der Waals surface area (Å²) in [5.74, 6) is -5.47. The number of guanidine groups is 1. The molecule has 2 aromatic carbocycles. The van der Waals surface area contributed by atoms with Gasteiger partial charge in [0.05, 0.1) is 17.9 Å². The first kappa shape index (κ1) is 42.5. The Balaban J connectivity index is 1.32. The number of nitrogens with zero attached hydrogens (tertiary/aromatic N) is 5. The van der Waals surface area contributed by atoms with E-state index in [-0.39, 0.29) is 56.3 Å². The van der Waals surface area contributed by atoms with Crippen molar-refractivity contribution in [2.24, 2.45) is 32.6 Å². The Morgan fingerprint density at radius 3 is 1.96 bits per heavy atom. The van der Waals surface area contributed by atoms with Crippen molar-refractivity contribution in [2.45, 2.75) is 83.0 Å². The lowest BCUT2D eigenvalue weighted by Gasteiger charge is -2.27. The summed E-state index contributed by atoms with van der Waals surface area (Å²) in [6, 6.07) is 11.0. The number of Topliss-reactive ketones (excluding diaryl/α,β-unsaturated/α-hetero) is 1. The van der Waals surface area contributed by atoms with Crippen molar-refractivity contribution in [1.29, 1.82) is 0 Å². The van der Waals surface area contributed by atoms with Gasteiger partial charge in [0.25, 0.3) is 5.91 Å². The standard InChI is InChI=1S/C38H50N10O8/c1-23(2)21-28(33(51)42-22-31(49)47-19-7-12-29(47)34(52)43-27(37(55)56)11-6-18-41-38(39)40)44-35(53)30-13-8-20-48(30)36(54)32(50)24-14-16-26(17-15-24)46-45-25-9-4-3-5-10-25/h3-5,9-10,14-17,23,27-30H,6-8,11-13,18-22H2,1-2H3,(H,42,51)(H,43,52)(H,44,53)(H,55,56)(H4,39,40,41)/t27-,28-,29-,30-/m0/s1. The van der Waals surface area contributed by atoms with Crippen molar-refractivity contribution in [3.63, 3.8) is 0 Å². The number of carbonyl (C=O) groups is 7. The number of rotatable bonds is 18. The van der Waals surface area contributed by atoms with Gasteiger partial charge in [-0.2, -0.15) is 10.2 Å². The zero-order chi connectivity index (χ0) is 40.8. The van der Waals surface area contributed by atoms with Crippen LogP contribution in [0.1, 0.15) is 69.2 Å². The summed E-state index contributed by atoms with van der Waals surface area (Å²) in [5.41, 5.74) is 11.9. The number of benzene rings is 2. The first-order valence-electron chi connectivity index (χ1n) is 18.6. The minimum atomic E-state index is -1.24. The van der Waals surface area contributed by atoms with Gasteiger partial charge in [-0.15, -0.1) is 0 Å². The molecule has 0 aliphatic carbocycles. The lowest BCUT2D eigenvalue weighted by atomic mass is 10.0. The second-order valence-corrected chi connectivity index (χ2v) is 14.1. The van der Waals surface area contributed by atoms with E-state index in [0.717, 1.165) is 0 Å². The highest BCUT2D eigenvalue weighted by atomic mass is 16.4. The first-order valence-corrected chi connectivity index (χ1v) is 18.6. The molecule has 2 aliphatic rings. The van der Waals surface area contributed by atoms with Crippen LogP contribution in [0.25, 0.3) is 0 Å². The second kappa shape index (κ2) is 20.5. The topological polar surface area (TPSA) is 271 Å². The zero-order valence-corrected chi connectivity index (χ0v) is 31.6. The lowest BCUT2D eigenvalue weighted by Crippen LogP contribution is -2.56. The maximum Gasteiger partial charge on any atom is 0.326 e. The normalized spacial score (nSPS) is 17.6. The molecule has 0 saturated carbocycles. The van der Waals surface area contributed by atoms with Crippen molar-refractivity contribution in [1.82, 2.24) is 25.8 Å². The third-order valence-electron chi connectivity index (χ3n) is 9.37. The summed E-state index contributed by atoms with van der Waals surface area (Å²) < 4.78 is 0. The molecule has 56 heavy (non-hydrogen) atoms. The van der Waals surface area contributed by atoms with Crippen molar-refractivity contribution < 1.29 is 38.7 Å². The van der Waals surface area contributed by atoms with E-state index in [1.54, 1.807) is 24.3 Å². The molecule has 4 atom stereocenters. The quantitative estimate of drug-likeness (QED) is 0.0318. The van der Waals surface area contributed by atoms with E-state index in [9.17, 15) is 38.7 Å². The number of aliphatic imine (C=N–C) groups is 1. The first-order chi connectivity index (χ1) is 26.7. The number of hydrogen-bond donors (Lipinski definition) is 6. The molecule has 2 aliphatic heterocycles. The molecule has 2 fully saturated rings. The monoisotopic (exact) mass is 774 g/mol. The average Bonchev–Trinajstić information content (AvgIpc) is 3.88. The molecule has 2 aromatic rings. The Morgan fingerprint density at radius 1 is 0.804 bits per heavy atom. The van der Waals surface area contributed by atoms with Gasteiger partial charge in [0, 0.05) is 25.2 Å². The van der Waals surface area contributed by atoms with E-state index in [1.165, 1.54) is 21.9 Å². The Labute approximate surface area is 324 Å². The number of aliphatic carboxylic acids is 1. The van der Waals surface area contributed by atoms with Gasteiger partial charge in [-0.1, -0.05) is 32.0 Å². The van der Waals surface area contributed by atoms with E-state index in [1.807, 2.05) is 32.0 Å². The molecule has 8 N–H and O–H groups in total. The fraction of sp³-hybridized carbons (Fsp3) is 0.474. The van der Waals surface area contributed by atoms with E-state index < -0.39 is 72.0 Å². The van der Waals surface area contributed by atoms with Crippen LogP contribution in [0.2, 0.25) is 0 Å². The number of nitrogens with one attached hydrogen (secondary N) is 3. The molecule has 2 heterocycles.